The van der Waals surface area contributed by atoms with E-state index in [1.165, 1.54) is 11.3 Å². The SMILES string of the molecule is O=C(O)c1csc(-c2cc3ccccc3o2)c1. The van der Waals surface area contributed by atoms with E-state index in [1.807, 2.05) is 30.3 Å². The normalized spacial score (nSPS) is 10.8. The van der Waals surface area contributed by atoms with Crippen LogP contribution in [0.5, 0.6) is 0 Å². The number of carboxylic acid groups (broad SMARTS) is 1. The van der Waals surface area contributed by atoms with Crippen LogP contribution in [0.25, 0.3) is 21.6 Å². The molecular formula is C13H8O3S. The van der Waals surface area contributed by atoms with Gasteiger partial charge in [0.25, 0.3) is 0 Å². The highest BCUT2D eigenvalue weighted by molar-refractivity contribution is 7.13. The van der Waals surface area contributed by atoms with Gasteiger partial charge in [-0.1, -0.05) is 18.2 Å². The van der Waals surface area contributed by atoms with E-state index in [4.69, 9.17) is 9.52 Å². The number of aromatic carboxylic acids is 1. The van der Waals surface area contributed by atoms with Crippen LogP contribution in [0.1, 0.15) is 10.4 Å². The number of carbonyl (C=O) groups is 1. The fourth-order valence-corrected chi connectivity index (χ4v) is 2.52. The Morgan fingerprint density at radius 2 is 2.06 bits per heavy atom. The molecule has 0 spiro atoms. The van der Waals surface area contributed by atoms with E-state index in [9.17, 15) is 4.79 Å². The summed E-state index contributed by atoms with van der Waals surface area (Å²) in [7, 11) is 0. The van der Waals surface area contributed by atoms with Crippen molar-refractivity contribution in [1.82, 2.24) is 0 Å². The highest BCUT2D eigenvalue weighted by Crippen LogP contribution is 2.32. The van der Waals surface area contributed by atoms with Gasteiger partial charge in [-0.25, -0.2) is 4.79 Å². The molecule has 0 saturated heterocycles. The molecule has 0 radical (unpaired) electrons. The number of carboxylic acids is 1. The van der Waals surface area contributed by atoms with Crippen molar-refractivity contribution in [2.45, 2.75) is 0 Å². The number of furan rings is 1. The Balaban J connectivity index is 2.10. The summed E-state index contributed by atoms with van der Waals surface area (Å²) in [4.78, 5) is 11.6. The molecule has 0 saturated carbocycles. The number of hydrogen-bond acceptors (Lipinski definition) is 3. The molecule has 0 aliphatic heterocycles. The van der Waals surface area contributed by atoms with Gasteiger partial charge in [0.1, 0.15) is 11.3 Å². The topological polar surface area (TPSA) is 50.4 Å². The van der Waals surface area contributed by atoms with Gasteiger partial charge >= 0.3 is 5.97 Å². The summed E-state index contributed by atoms with van der Waals surface area (Å²) in [6.07, 6.45) is 0. The van der Waals surface area contributed by atoms with Crippen LogP contribution in [0.3, 0.4) is 0 Å². The Kier molecular flexibility index (Phi) is 2.23. The Hall–Kier alpha value is -2.07. The van der Waals surface area contributed by atoms with Crippen molar-refractivity contribution in [3.63, 3.8) is 0 Å². The summed E-state index contributed by atoms with van der Waals surface area (Å²) in [5.74, 6) is -0.202. The zero-order valence-corrected chi connectivity index (χ0v) is 9.53. The van der Waals surface area contributed by atoms with Gasteiger partial charge in [0, 0.05) is 10.8 Å². The minimum absolute atomic E-state index is 0.297. The van der Waals surface area contributed by atoms with Gasteiger partial charge in [-0.2, -0.15) is 0 Å². The molecule has 4 heteroatoms. The van der Waals surface area contributed by atoms with Gasteiger partial charge in [-0.05, 0) is 18.2 Å². The maximum Gasteiger partial charge on any atom is 0.336 e. The van der Waals surface area contributed by atoms with Gasteiger partial charge < -0.3 is 9.52 Å². The number of fused-ring (bicyclic) bond motifs is 1. The van der Waals surface area contributed by atoms with Crippen LogP contribution < -0.4 is 0 Å². The second-order valence-corrected chi connectivity index (χ2v) is 4.56. The predicted molar refractivity (Wildman–Crippen MR) is 66.5 cm³/mol. The number of para-hydroxylation sites is 1. The molecular weight excluding hydrogens is 236 g/mol. The van der Waals surface area contributed by atoms with E-state index in [2.05, 4.69) is 0 Å². The van der Waals surface area contributed by atoms with E-state index in [0.29, 0.717) is 11.3 Å². The van der Waals surface area contributed by atoms with Crippen molar-refractivity contribution in [3.05, 3.63) is 47.3 Å². The molecule has 84 valence electrons. The van der Waals surface area contributed by atoms with Gasteiger partial charge in [0.05, 0.1) is 10.4 Å². The van der Waals surface area contributed by atoms with Crippen LogP contribution in [0.2, 0.25) is 0 Å². The molecule has 2 heterocycles. The highest BCUT2D eigenvalue weighted by atomic mass is 32.1. The van der Waals surface area contributed by atoms with E-state index in [1.54, 1.807) is 11.4 Å². The summed E-state index contributed by atoms with van der Waals surface area (Å²) in [5.41, 5.74) is 1.11. The molecule has 0 bridgehead atoms. The number of benzene rings is 1. The molecule has 1 aromatic carbocycles. The first kappa shape index (κ1) is 10.1. The van der Waals surface area contributed by atoms with E-state index >= 15 is 0 Å². The van der Waals surface area contributed by atoms with Crippen molar-refractivity contribution in [2.75, 3.05) is 0 Å². The van der Waals surface area contributed by atoms with Crippen molar-refractivity contribution in [2.24, 2.45) is 0 Å². The Morgan fingerprint density at radius 3 is 2.76 bits per heavy atom. The fourth-order valence-electron chi connectivity index (χ4n) is 1.68. The first-order valence-corrected chi connectivity index (χ1v) is 5.93. The lowest BCUT2D eigenvalue weighted by Gasteiger charge is -1.87. The van der Waals surface area contributed by atoms with Crippen molar-refractivity contribution in [1.29, 1.82) is 0 Å². The van der Waals surface area contributed by atoms with Crippen LogP contribution in [-0.4, -0.2) is 11.1 Å². The molecule has 0 aliphatic carbocycles. The second-order valence-electron chi connectivity index (χ2n) is 3.65. The Labute approximate surface area is 101 Å². The van der Waals surface area contributed by atoms with Gasteiger partial charge in [0.15, 0.2) is 0 Å². The average molecular weight is 244 g/mol. The largest absolute Gasteiger partial charge is 0.478 e. The quantitative estimate of drug-likeness (QED) is 0.744. The molecule has 3 rings (SSSR count). The molecule has 3 aromatic rings. The van der Waals surface area contributed by atoms with Crippen LogP contribution in [-0.2, 0) is 0 Å². The second kappa shape index (κ2) is 3.75. The van der Waals surface area contributed by atoms with Crippen LogP contribution in [0.4, 0.5) is 0 Å². The molecule has 0 aliphatic rings. The lowest BCUT2D eigenvalue weighted by Crippen LogP contribution is -1.91. The summed E-state index contributed by atoms with van der Waals surface area (Å²) < 4.78 is 5.66. The minimum atomic E-state index is -0.913. The molecule has 3 nitrogen and oxygen atoms in total. The summed E-state index contributed by atoms with van der Waals surface area (Å²) >= 11 is 1.37. The standard InChI is InChI=1S/C13H8O3S/c14-13(15)9-6-12(17-7-9)11-5-8-3-1-2-4-10(8)16-11/h1-7H,(H,14,15). The maximum absolute atomic E-state index is 10.8. The van der Waals surface area contributed by atoms with Gasteiger partial charge in [-0.3, -0.25) is 0 Å². The van der Waals surface area contributed by atoms with Crippen molar-refractivity contribution in [3.8, 4) is 10.6 Å². The zero-order valence-electron chi connectivity index (χ0n) is 8.71. The minimum Gasteiger partial charge on any atom is -0.478 e. The number of rotatable bonds is 2. The molecule has 0 amide bonds. The van der Waals surface area contributed by atoms with Crippen molar-refractivity contribution < 1.29 is 14.3 Å². The van der Waals surface area contributed by atoms with E-state index in [0.717, 1.165) is 15.8 Å². The molecule has 2 aromatic heterocycles. The third kappa shape index (κ3) is 1.72. The summed E-state index contributed by atoms with van der Waals surface area (Å²) in [6, 6.07) is 11.3. The summed E-state index contributed by atoms with van der Waals surface area (Å²) in [5, 5.41) is 11.5. The first-order chi connectivity index (χ1) is 8.24. The lowest BCUT2D eigenvalue weighted by molar-refractivity contribution is 0.0697. The van der Waals surface area contributed by atoms with E-state index in [-0.39, 0.29) is 0 Å². The third-order valence-corrected chi connectivity index (χ3v) is 3.46. The van der Waals surface area contributed by atoms with Gasteiger partial charge in [-0.15, -0.1) is 11.3 Å². The fraction of sp³-hybridized carbons (Fsp3) is 0. The Morgan fingerprint density at radius 1 is 1.24 bits per heavy atom. The molecule has 0 unspecified atom stereocenters. The van der Waals surface area contributed by atoms with Crippen molar-refractivity contribution >= 4 is 28.3 Å². The molecule has 0 atom stereocenters. The van der Waals surface area contributed by atoms with Crippen LogP contribution in [0.15, 0.2) is 46.2 Å². The monoisotopic (exact) mass is 244 g/mol. The zero-order chi connectivity index (χ0) is 11.8. The van der Waals surface area contributed by atoms with E-state index < -0.39 is 5.97 Å². The first-order valence-electron chi connectivity index (χ1n) is 5.05. The average Bonchev–Trinajstić information content (AvgIpc) is 2.95. The summed E-state index contributed by atoms with van der Waals surface area (Å²) in [6.45, 7) is 0. The molecule has 1 N–H and O–H groups in total. The predicted octanol–water partition coefficient (Wildman–Crippen LogP) is 3.86. The number of hydrogen-bond donors (Lipinski definition) is 1. The van der Waals surface area contributed by atoms with Crippen LogP contribution in [0, 0.1) is 0 Å². The molecule has 17 heavy (non-hydrogen) atoms. The van der Waals surface area contributed by atoms with Crippen LogP contribution >= 0.6 is 11.3 Å². The highest BCUT2D eigenvalue weighted by Gasteiger charge is 2.11. The maximum atomic E-state index is 10.8. The lowest BCUT2D eigenvalue weighted by atomic mass is 10.2. The number of thiophene rings is 1. The molecule has 0 fully saturated rings. The van der Waals surface area contributed by atoms with Gasteiger partial charge in [0.2, 0.25) is 0 Å². The third-order valence-electron chi connectivity index (χ3n) is 2.51. The Bertz CT molecular complexity index is 660. The smallest absolute Gasteiger partial charge is 0.336 e.